The van der Waals surface area contributed by atoms with E-state index >= 15 is 0 Å². The minimum absolute atomic E-state index is 0.00975. The predicted octanol–water partition coefficient (Wildman–Crippen LogP) is 4.06. The maximum Gasteiger partial charge on any atom is 0.212 e. The molecule has 3 nitrogen and oxygen atoms in total. The van der Waals surface area contributed by atoms with Crippen molar-refractivity contribution < 1.29 is 4.79 Å². The molecule has 0 radical (unpaired) electrons. The van der Waals surface area contributed by atoms with Gasteiger partial charge in [0.1, 0.15) is 5.69 Å². The van der Waals surface area contributed by atoms with Crippen LogP contribution >= 0.6 is 38.5 Å². The fourth-order valence-electron chi connectivity index (χ4n) is 1.68. The number of nitrogens with zero attached hydrogens (tertiary/aromatic N) is 2. The third-order valence-corrected chi connectivity index (χ3v) is 3.86. The molecule has 0 saturated carbocycles. The highest BCUT2D eigenvalue weighted by Crippen LogP contribution is 2.23. The molecule has 0 saturated heterocycles. The molecule has 1 heterocycles. The van der Waals surface area contributed by atoms with E-state index in [-0.39, 0.29) is 11.8 Å². The molecule has 0 aliphatic heterocycles. The number of hydrogen-bond acceptors (Lipinski definition) is 2. The summed E-state index contributed by atoms with van der Waals surface area (Å²) < 4.78 is 3.59. The van der Waals surface area contributed by atoms with Crippen LogP contribution in [0.5, 0.6) is 0 Å². The first-order valence-corrected chi connectivity index (χ1v) is 7.41. The summed E-state index contributed by atoms with van der Waals surface area (Å²) in [6.45, 7) is 4.01. The van der Waals surface area contributed by atoms with Gasteiger partial charge in [0.05, 0.1) is 10.7 Å². The zero-order valence-corrected chi connectivity index (χ0v) is 13.8. The van der Waals surface area contributed by atoms with Gasteiger partial charge in [-0.25, -0.2) is 0 Å². The minimum Gasteiger partial charge on any atom is -0.287 e. The second-order valence-electron chi connectivity index (χ2n) is 4.22. The Balaban J connectivity index is 2.45. The molecule has 2 aromatic rings. The molecule has 0 aliphatic rings. The molecule has 2 rings (SSSR count). The first-order chi connectivity index (χ1) is 8.50. The molecule has 0 atom stereocenters. The molecule has 0 unspecified atom stereocenters. The van der Waals surface area contributed by atoms with Crippen molar-refractivity contribution in [1.29, 1.82) is 0 Å². The lowest BCUT2D eigenvalue weighted by molar-refractivity contribution is 0.102. The molecule has 5 heteroatoms. The van der Waals surface area contributed by atoms with E-state index in [0.717, 1.165) is 8.04 Å². The van der Waals surface area contributed by atoms with E-state index < -0.39 is 0 Å². The Kier molecular flexibility index (Phi) is 4.21. The first kappa shape index (κ1) is 13.7. The van der Waals surface area contributed by atoms with E-state index in [1.807, 2.05) is 38.1 Å². The second-order valence-corrected chi connectivity index (χ2v) is 6.32. The van der Waals surface area contributed by atoms with Crippen molar-refractivity contribution in [3.63, 3.8) is 0 Å². The molecule has 0 fully saturated rings. The van der Waals surface area contributed by atoms with E-state index in [2.05, 4.69) is 43.6 Å². The van der Waals surface area contributed by atoms with Crippen LogP contribution < -0.4 is 0 Å². The number of aromatic nitrogens is 2. The van der Waals surface area contributed by atoms with Crippen molar-refractivity contribution in [1.82, 2.24) is 9.78 Å². The van der Waals surface area contributed by atoms with Crippen molar-refractivity contribution >= 4 is 44.3 Å². The van der Waals surface area contributed by atoms with E-state index in [1.165, 1.54) is 0 Å². The quantitative estimate of drug-likeness (QED) is 0.556. The predicted molar refractivity (Wildman–Crippen MR) is 82.9 cm³/mol. The van der Waals surface area contributed by atoms with Gasteiger partial charge in [0.15, 0.2) is 0 Å². The van der Waals surface area contributed by atoms with Gasteiger partial charge in [-0.3, -0.25) is 9.48 Å². The van der Waals surface area contributed by atoms with E-state index in [0.29, 0.717) is 11.3 Å². The SMILES string of the molecule is CC(C)n1ncc(Br)c1C(=O)c1ccc(I)cc1. The van der Waals surface area contributed by atoms with E-state index in [1.54, 1.807) is 10.9 Å². The van der Waals surface area contributed by atoms with Crippen LogP contribution in [-0.2, 0) is 0 Å². The van der Waals surface area contributed by atoms with Crippen LogP contribution in [0.25, 0.3) is 0 Å². The molecule has 1 aromatic heterocycles. The molecule has 0 spiro atoms. The Labute approximate surface area is 128 Å². The van der Waals surface area contributed by atoms with Gasteiger partial charge in [-0.05, 0) is 76.6 Å². The van der Waals surface area contributed by atoms with Crippen molar-refractivity contribution in [2.75, 3.05) is 0 Å². The van der Waals surface area contributed by atoms with Gasteiger partial charge < -0.3 is 0 Å². The summed E-state index contributed by atoms with van der Waals surface area (Å²) in [5.74, 6) is -0.00975. The molecule has 0 aliphatic carbocycles. The van der Waals surface area contributed by atoms with Crippen LogP contribution in [0.2, 0.25) is 0 Å². The van der Waals surface area contributed by atoms with Gasteiger partial charge in [-0.15, -0.1) is 0 Å². The van der Waals surface area contributed by atoms with E-state index in [4.69, 9.17) is 0 Å². The number of halogens is 2. The van der Waals surface area contributed by atoms with Crippen LogP contribution in [0.3, 0.4) is 0 Å². The monoisotopic (exact) mass is 418 g/mol. The van der Waals surface area contributed by atoms with Gasteiger partial charge in [-0.2, -0.15) is 5.10 Å². The Morgan fingerprint density at radius 2 is 1.94 bits per heavy atom. The third-order valence-electron chi connectivity index (χ3n) is 2.56. The second kappa shape index (κ2) is 5.52. The number of benzene rings is 1. The van der Waals surface area contributed by atoms with Crippen LogP contribution in [0, 0.1) is 3.57 Å². The summed E-state index contributed by atoms with van der Waals surface area (Å²) in [7, 11) is 0. The van der Waals surface area contributed by atoms with Crippen LogP contribution in [0.4, 0.5) is 0 Å². The number of carbonyl (C=O) groups is 1. The van der Waals surface area contributed by atoms with Gasteiger partial charge in [0.2, 0.25) is 5.78 Å². The Bertz CT molecular complexity index is 575. The zero-order chi connectivity index (χ0) is 13.3. The minimum atomic E-state index is -0.00975. The third kappa shape index (κ3) is 2.66. The van der Waals surface area contributed by atoms with Crippen molar-refractivity contribution in [2.45, 2.75) is 19.9 Å². The van der Waals surface area contributed by atoms with Crippen LogP contribution in [0.1, 0.15) is 35.9 Å². The summed E-state index contributed by atoms with van der Waals surface area (Å²) in [6.07, 6.45) is 1.67. The smallest absolute Gasteiger partial charge is 0.212 e. The molecule has 18 heavy (non-hydrogen) atoms. The Morgan fingerprint density at radius 3 is 2.50 bits per heavy atom. The lowest BCUT2D eigenvalue weighted by Crippen LogP contribution is -2.13. The fraction of sp³-hybridized carbons (Fsp3) is 0.231. The molecular formula is C13H12BrIN2O. The van der Waals surface area contributed by atoms with Gasteiger partial charge in [-0.1, -0.05) is 0 Å². The number of carbonyl (C=O) groups excluding carboxylic acids is 1. The molecule has 1 aromatic carbocycles. The standard InChI is InChI=1S/C13H12BrIN2O/c1-8(2)17-12(11(14)7-16-17)13(18)9-3-5-10(15)6-4-9/h3-8H,1-2H3. The topological polar surface area (TPSA) is 34.9 Å². The summed E-state index contributed by atoms with van der Waals surface area (Å²) in [5, 5.41) is 4.23. The van der Waals surface area contributed by atoms with Crippen molar-refractivity contribution in [2.24, 2.45) is 0 Å². The van der Waals surface area contributed by atoms with E-state index in [9.17, 15) is 4.79 Å². The first-order valence-electron chi connectivity index (χ1n) is 5.54. The lowest BCUT2D eigenvalue weighted by Gasteiger charge is -2.10. The maximum atomic E-state index is 12.5. The van der Waals surface area contributed by atoms with Crippen molar-refractivity contribution in [3.05, 3.63) is 49.8 Å². The van der Waals surface area contributed by atoms with Crippen LogP contribution in [0.15, 0.2) is 34.9 Å². The Morgan fingerprint density at radius 1 is 1.33 bits per heavy atom. The molecule has 94 valence electrons. The average molecular weight is 419 g/mol. The van der Waals surface area contributed by atoms with Crippen LogP contribution in [-0.4, -0.2) is 15.6 Å². The summed E-state index contributed by atoms with van der Waals surface area (Å²) in [6, 6.07) is 7.69. The highest BCUT2D eigenvalue weighted by Gasteiger charge is 2.20. The summed E-state index contributed by atoms with van der Waals surface area (Å²) in [4.78, 5) is 12.5. The molecule has 0 amide bonds. The largest absolute Gasteiger partial charge is 0.287 e. The summed E-state index contributed by atoms with van der Waals surface area (Å²) in [5.41, 5.74) is 1.28. The average Bonchev–Trinajstić information content (AvgIpc) is 2.71. The summed E-state index contributed by atoms with van der Waals surface area (Å²) >= 11 is 5.61. The molecule has 0 bridgehead atoms. The number of hydrogen-bond donors (Lipinski definition) is 0. The van der Waals surface area contributed by atoms with Crippen molar-refractivity contribution in [3.8, 4) is 0 Å². The van der Waals surface area contributed by atoms with Gasteiger partial charge in [0, 0.05) is 15.2 Å². The normalized spacial score (nSPS) is 10.9. The zero-order valence-electron chi connectivity index (χ0n) is 10.0. The van der Waals surface area contributed by atoms with Gasteiger partial charge in [0.25, 0.3) is 0 Å². The number of ketones is 1. The lowest BCUT2D eigenvalue weighted by atomic mass is 10.1. The highest BCUT2D eigenvalue weighted by molar-refractivity contribution is 14.1. The maximum absolute atomic E-state index is 12.5. The molecule has 0 N–H and O–H groups in total. The Hall–Kier alpha value is -0.690. The number of rotatable bonds is 3. The molecular weight excluding hydrogens is 407 g/mol. The fourth-order valence-corrected chi connectivity index (χ4v) is 2.50. The highest BCUT2D eigenvalue weighted by atomic mass is 127. The van der Waals surface area contributed by atoms with Gasteiger partial charge >= 0.3 is 0 Å².